The molecule has 1 N–H and O–H groups in total. The molecule has 5 nitrogen and oxygen atoms in total. The van der Waals surface area contributed by atoms with Crippen LogP contribution in [-0.4, -0.2) is 48.8 Å². The molecule has 1 aromatic rings. The summed E-state index contributed by atoms with van der Waals surface area (Å²) in [7, 11) is 0. The second-order valence-corrected chi connectivity index (χ2v) is 6.96. The van der Waals surface area contributed by atoms with Crippen LogP contribution < -0.4 is 10.1 Å². The maximum Gasteiger partial charge on any atom is 0.242 e. The first-order valence-electron chi connectivity index (χ1n) is 9.04. The lowest BCUT2D eigenvalue weighted by Gasteiger charge is -2.35. The van der Waals surface area contributed by atoms with Crippen LogP contribution in [0.15, 0.2) is 24.3 Å². The standard InChI is InChI=1S/C19H28N2O3/c1-14-12-21(13-15(2)23-14)19(22)11-20-16-6-5-9-18(10-16)24-17-7-3-4-8-17/h5-6,9-10,14-15,17,20H,3-4,7-8,11-13H2,1-2H3/t14-,15-/m1/s1. The summed E-state index contributed by atoms with van der Waals surface area (Å²) in [5, 5.41) is 3.22. The van der Waals surface area contributed by atoms with Crippen LogP contribution in [0.25, 0.3) is 0 Å². The fourth-order valence-electron chi connectivity index (χ4n) is 3.55. The maximum absolute atomic E-state index is 12.4. The molecule has 0 aromatic heterocycles. The summed E-state index contributed by atoms with van der Waals surface area (Å²) in [5.41, 5.74) is 0.924. The van der Waals surface area contributed by atoms with Gasteiger partial charge < -0.3 is 19.7 Å². The highest BCUT2D eigenvalue weighted by Crippen LogP contribution is 2.25. The Morgan fingerprint density at radius 1 is 1.25 bits per heavy atom. The third-order valence-electron chi connectivity index (χ3n) is 4.66. The minimum absolute atomic E-state index is 0.0980. The highest BCUT2D eigenvalue weighted by atomic mass is 16.5. The van der Waals surface area contributed by atoms with Crippen LogP contribution >= 0.6 is 0 Å². The smallest absolute Gasteiger partial charge is 0.242 e. The van der Waals surface area contributed by atoms with Gasteiger partial charge in [0, 0.05) is 24.8 Å². The number of anilines is 1. The lowest BCUT2D eigenvalue weighted by Crippen LogP contribution is -2.49. The van der Waals surface area contributed by atoms with Crippen LogP contribution in [-0.2, 0) is 9.53 Å². The van der Waals surface area contributed by atoms with Crippen LogP contribution in [0.1, 0.15) is 39.5 Å². The molecule has 24 heavy (non-hydrogen) atoms. The van der Waals surface area contributed by atoms with Gasteiger partial charge in [0.15, 0.2) is 0 Å². The van der Waals surface area contributed by atoms with Gasteiger partial charge in [-0.15, -0.1) is 0 Å². The van der Waals surface area contributed by atoms with E-state index < -0.39 is 0 Å². The second-order valence-electron chi connectivity index (χ2n) is 6.96. The van der Waals surface area contributed by atoms with Crippen LogP contribution in [0.2, 0.25) is 0 Å². The van der Waals surface area contributed by atoms with Gasteiger partial charge in [-0.1, -0.05) is 6.07 Å². The number of rotatable bonds is 5. The van der Waals surface area contributed by atoms with E-state index in [1.165, 1.54) is 12.8 Å². The maximum atomic E-state index is 12.4. The second kappa shape index (κ2) is 7.88. The lowest BCUT2D eigenvalue weighted by molar-refractivity contribution is -0.141. The number of hydrogen-bond acceptors (Lipinski definition) is 4. The number of ether oxygens (including phenoxy) is 2. The van der Waals surface area contributed by atoms with Gasteiger partial charge in [-0.05, 0) is 51.7 Å². The largest absolute Gasteiger partial charge is 0.490 e. The number of morpholine rings is 1. The SMILES string of the molecule is C[C@@H]1CN(C(=O)CNc2cccc(OC3CCCC3)c2)C[C@@H](C)O1. The minimum Gasteiger partial charge on any atom is -0.490 e. The molecule has 1 aliphatic carbocycles. The van der Waals surface area contributed by atoms with E-state index in [9.17, 15) is 4.79 Å². The van der Waals surface area contributed by atoms with Crippen molar-refractivity contribution in [3.05, 3.63) is 24.3 Å². The minimum atomic E-state index is 0.0980. The van der Waals surface area contributed by atoms with Gasteiger partial charge in [-0.25, -0.2) is 0 Å². The summed E-state index contributed by atoms with van der Waals surface area (Å²) < 4.78 is 11.7. The quantitative estimate of drug-likeness (QED) is 0.900. The van der Waals surface area contributed by atoms with E-state index >= 15 is 0 Å². The molecule has 3 rings (SSSR count). The van der Waals surface area contributed by atoms with Crippen LogP contribution in [0.4, 0.5) is 5.69 Å². The lowest BCUT2D eigenvalue weighted by atomic mass is 10.2. The van der Waals surface area contributed by atoms with Crippen molar-refractivity contribution in [1.29, 1.82) is 0 Å². The average Bonchev–Trinajstić information content (AvgIpc) is 3.05. The Morgan fingerprint density at radius 2 is 1.96 bits per heavy atom. The van der Waals surface area contributed by atoms with Crippen molar-refractivity contribution in [2.75, 3.05) is 25.0 Å². The molecule has 0 bridgehead atoms. The number of benzene rings is 1. The molecule has 0 radical (unpaired) electrons. The molecule has 2 aliphatic rings. The molecule has 5 heteroatoms. The first kappa shape index (κ1) is 17.1. The average molecular weight is 332 g/mol. The van der Waals surface area contributed by atoms with Gasteiger partial charge in [0.2, 0.25) is 5.91 Å². The van der Waals surface area contributed by atoms with Gasteiger partial charge in [0.1, 0.15) is 5.75 Å². The Labute approximate surface area is 144 Å². The van der Waals surface area contributed by atoms with E-state index in [1.54, 1.807) is 0 Å². The Bertz CT molecular complexity index is 547. The number of hydrogen-bond donors (Lipinski definition) is 1. The van der Waals surface area contributed by atoms with E-state index in [0.717, 1.165) is 24.3 Å². The molecule has 132 valence electrons. The number of carbonyl (C=O) groups is 1. The molecule has 2 fully saturated rings. The highest BCUT2D eigenvalue weighted by molar-refractivity contribution is 5.81. The van der Waals surface area contributed by atoms with Gasteiger partial charge in [0.25, 0.3) is 0 Å². The van der Waals surface area contributed by atoms with E-state index in [4.69, 9.17) is 9.47 Å². The molecule has 1 aliphatic heterocycles. The van der Waals surface area contributed by atoms with E-state index in [1.807, 2.05) is 43.0 Å². The Hall–Kier alpha value is -1.75. The summed E-state index contributed by atoms with van der Waals surface area (Å²) >= 11 is 0. The van der Waals surface area contributed by atoms with Gasteiger partial charge >= 0.3 is 0 Å². The summed E-state index contributed by atoms with van der Waals surface area (Å²) in [6.45, 7) is 5.64. The summed E-state index contributed by atoms with van der Waals surface area (Å²) in [6, 6.07) is 7.90. The van der Waals surface area contributed by atoms with Crippen molar-refractivity contribution < 1.29 is 14.3 Å². The zero-order valence-electron chi connectivity index (χ0n) is 14.7. The normalized spacial score (nSPS) is 24.8. The zero-order chi connectivity index (χ0) is 16.9. The molecule has 0 unspecified atom stereocenters. The Balaban J connectivity index is 1.51. The topological polar surface area (TPSA) is 50.8 Å². The number of nitrogens with one attached hydrogen (secondary N) is 1. The molecular weight excluding hydrogens is 304 g/mol. The van der Waals surface area contributed by atoms with Crippen LogP contribution in [0.5, 0.6) is 5.75 Å². The number of nitrogens with zero attached hydrogens (tertiary/aromatic N) is 1. The van der Waals surface area contributed by atoms with E-state index in [0.29, 0.717) is 25.7 Å². The molecule has 1 saturated carbocycles. The van der Waals surface area contributed by atoms with Gasteiger partial charge in [-0.2, -0.15) is 0 Å². The van der Waals surface area contributed by atoms with Gasteiger partial charge in [-0.3, -0.25) is 4.79 Å². The highest BCUT2D eigenvalue weighted by Gasteiger charge is 2.25. The van der Waals surface area contributed by atoms with Crippen molar-refractivity contribution >= 4 is 11.6 Å². The third-order valence-corrected chi connectivity index (χ3v) is 4.66. The number of amides is 1. The van der Waals surface area contributed by atoms with E-state index in [-0.39, 0.29) is 18.1 Å². The predicted molar refractivity (Wildman–Crippen MR) is 94.4 cm³/mol. The molecule has 0 spiro atoms. The van der Waals surface area contributed by atoms with Crippen LogP contribution in [0, 0.1) is 0 Å². The summed E-state index contributed by atoms with van der Waals surface area (Å²) in [5.74, 6) is 0.993. The molecule has 1 heterocycles. The van der Waals surface area contributed by atoms with Crippen LogP contribution in [0.3, 0.4) is 0 Å². The molecular formula is C19H28N2O3. The first-order valence-corrected chi connectivity index (χ1v) is 9.04. The predicted octanol–water partition coefficient (Wildman–Crippen LogP) is 3.06. The van der Waals surface area contributed by atoms with E-state index in [2.05, 4.69) is 5.32 Å². The van der Waals surface area contributed by atoms with Crippen molar-refractivity contribution in [2.45, 2.75) is 57.8 Å². The molecule has 2 atom stereocenters. The monoisotopic (exact) mass is 332 g/mol. The zero-order valence-corrected chi connectivity index (χ0v) is 14.7. The molecule has 1 aromatic carbocycles. The molecule has 1 saturated heterocycles. The Kier molecular flexibility index (Phi) is 5.61. The first-order chi connectivity index (χ1) is 11.6. The fourth-order valence-corrected chi connectivity index (χ4v) is 3.55. The molecule has 1 amide bonds. The number of carbonyl (C=O) groups excluding carboxylic acids is 1. The van der Waals surface area contributed by atoms with Crippen molar-refractivity contribution in [3.8, 4) is 5.75 Å². The fraction of sp³-hybridized carbons (Fsp3) is 0.632. The van der Waals surface area contributed by atoms with Crippen molar-refractivity contribution in [2.24, 2.45) is 0 Å². The Morgan fingerprint density at radius 3 is 2.67 bits per heavy atom. The summed E-state index contributed by atoms with van der Waals surface area (Å²) in [4.78, 5) is 14.3. The van der Waals surface area contributed by atoms with Gasteiger partial charge in [0.05, 0.1) is 24.9 Å². The summed E-state index contributed by atoms with van der Waals surface area (Å²) in [6.07, 6.45) is 5.34. The van der Waals surface area contributed by atoms with Crippen molar-refractivity contribution in [3.63, 3.8) is 0 Å². The third kappa shape index (κ3) is 4.63. The van der Waals surface area contributed by atoms with Crippen molar-refractivity contribution in [1.82, 2.24) is 4.90 Å².